The van der Waals surface area contributed by atoms with Gasteiger partial charge in [0.05, 0.1) is 17.9 Å². The summed E-state index contributed by atoms with van der Waals surface area (Å²) in [5.41, 5.74) is 1.86. The lowest BCUT2D eigenvalue weighted by atomic mass is 9.96. The summed E-state index contributed by atoms with van der Waals surface area (Å²) >= 11 is 0. The summed E-state index contributed by atoms with van der Waals surface area (Å²) in [4.78, 5) is 32.1. The molecule has 29 heavy (non-hydrogen) atoms. The lowest BCUT2D eigenvalue weighted by Gasteiger charge is -2.43. The van der Waals surface area contributed by atoms with Gasteiger partial charge >= 0.3 is 0 Å². The highest BCUT2D eigenvalue weighted by Crippen LogP contribution is 2.36. The van der Waals surface area contributed by atoms with Crippen LogP contribution in [0.15, 0.2) is 54.6 Å². The minimum Gasteiger partial charge on any atom is -0.322 e. The Bertz CT molecular complexity index is 889. The standard InChI is InChI=1S/C23H28N4O2/c1-23(2)22(29)24-19-10-6-7-11-20(19)27(23)21(28)17-26-14-12-25(13-15-26)16-18-8-4-3-5-9-18/h3-11H,12-17H2,1-2H3,(H,24,29). The number of carbonyl (C=O) groups excluding carboxylic acids is 2. The zero-order valence-corrected chi connectivity index (χ0v) is 17.1. The summed E-state index contributed by atoms with van der Waals surface area (Å²) in [5, 5.41) is 2.91. The van der Waals surface area contributed by atoms with Crippen molar-refractivity contribution in [2.24, 2.45) is 0 Å². The van der Waals surface area contributed by atoms with Gasteiger partial charge in [0.1, 0.15) is 5.54 Å². The highest BCUT2D eigenvalue weighted by Gasteiger charge is 2.43. The Hall–Kier alpha value is -2.70. The monoisotopic (exact) mass is 392 g/mol. The van der Waals surface area contributed by atoms with Crippen molar-refractivity contribution in [1.29, 1.82) is 0 Å². The molecule has 1 fully saturated rings. The average molecular weight is 393 g/mol. The van der Waals surface area contributed by atoms with Crippen LogP contribution in [0, 0.1) is 0 Å². The van der Waals surface area contributed by atoms with E-state index in [9.17, 15) is 9.59 Å². The van der Waals surface area contributed by atoms with Crippen molar-refractivity contribution in [2.45, 2.75) is 25.9 Å². The number of benzene rings is 2. The van der Waals surface area contributed by atoms with Crippen molar-refractivity contribution in [3.8, 4) is 0 Å². The zero-order chi connectivity index (χ0) is 20.4. The maximum atomic E-state index is 13.3. The predicted molar refractivity (Wildman–Crippen MR) is 115 cm³/mol. The van der Waals surface area contributed by atoms with Crippen LogP contribution in [0.4, 0.5) is 11.4 Å². The molecule has 2 aromatic rings. The molecule has 0 radical (unpaired) electrons. The number of para-hydroxylation sites is 2. The second-order valence-electron chi connectivity index (χ2n) is 8.30. The molecule has 6 heteroatoms. The molecule has 0 aromatic heterocycles. The minimum atomic E-state index is -0.916. The normalized spacial score (nSPS) is 19.5. The smallest absolute Gasteiger partial charge is 0.250 e. The van der Waals surface area contributed by atoms with Gasteiger partial charge in [-0.1, -0.05) is 42.5 Å². The molecule has 1 N–H and O–H groups in total. The maximum absolute atomic E-state index is 13.3. The van der Waals surface area contributed by atoms with E-state index < -0.39 is 5.54 Å². The Morgan fingerprint density at radius 2 is 1.55 bits per heavy atom. The molecule has 2 aliphatic rings. The molecule has 4 rings (SSSR count). The Balaban J connectivity index is 1.40. The predicted octanol–water partition coefficient (Wildman–Crippen LogP) is 2.57. The molecule has 2 heterocycles. The number of fused-ring (bicyclic) bond motifs is 1. The molecule has 2 amide bonds. The first kappa shape index (κ1) is 19.6. The van der Waals surface area contributed by atoms with Crippen molar-refractivity contribution in [3.63, 3.8) is 0 Å². The van der Waals surface area contributed by atoms with E-state index in [0.717, 1.165) is 38.4 Å². The first-order valence-corrected chi connectivity index (χ1v) is 10.2. The highest BCUT2D eigenvalue weighted by atomic mass is 16.2. The molecule has 2 aromatic carbocycles. The van der Waals surface area contributed by atoms with E-state index >= 15 is 0 Å². The number of piperazine rings is 1. The molecular formula is C23H28N4O2. The number of carbonyl (C=O) groups is 2. The maximum Gasteiger partial charge on any atom is 0.250 e. The summed E-state index contributed by atoms with van der Waals surface area (Å²) < 4.78 is 0. The average Bonchev–Trinajstić information content (AvgIpc) is 2.71. The number of hydrogen-bond acceptors (Lipinski definition) is 4. The minimum absolute atomic E-state index is 0.0335. The fourth-order valence-corrected chi connectivity index (χ4v) is 4.11. The Morgan fingerprint density at radius 1 is 0.931 bits per heavy atom. The van der Waals surface area contributed by atoms with Crippen LogP contribution in [0.2, 0.25) is 0 Å². The van der Waals surface area contributed by atoms with Gasteiger partial charge in [-0.2, -0.15) is 0 Å². The van der Waals surface area contributed by atoms with E-state index in [1.807, 2.05) is 30.3 Å². The molecule has 2 aliphatic heterocycles. The van der Waals surface area contributed by atoms with Crippen LogP contribution in [0.1, 0.15) is 19.4 Å². The summed E-state index contributed by atoms with van der Waals surface area (Å²) in [6, 6.07) is 18.0. The molecular weight excluding hydrogens is 364 g/mol. The second-order valence-corrected chi connectivity index (χ2v) is 8.30. The SMILES string of the molecule is CC1(C)C(=O)Nc2ccccc2N1C(=O)CN1CCN(Cc2ccccc2)CC1. The third kappa shape index (κ3) is 4.04. The topological polar surface area (TPSA) is 55.9 Å². The van der Waals surface area contributed by atoms with Gasteiger partial charge in [-0.05, 0) is 31.5 Å². The molecule has 0 saturated carbocycles. The summed E-state index contributed by atoms with van der Waals surface area (Å²) in [6.45, 7) is 8.42. The van der Waals surface area contributed by atoms with Gasteiger partial charge in [0.25, 0.3) is 0 Å². The number of hydrogen-bond donors (Lipinski definition) is 1. The molecule has 0 aliphatic carbocycles. The van der Waals surface area contributed by atoms with E-state index in [2.05, 4.69) is 39.4 Å². The molecule has 0 spiro atoms. The molecule has 6 nitrogen and oxygen atoms in total. The zero-order valence-electron chi connectivity index (χ0n) is 17.1. The summed E-state index contributed by atoms with van der Waals surface area (Å²) in [7, 11) is 0. The number of rotatable bonds is 4. The van der Waals surface area contributed by atoms with E-state index in [4.69, 9.17) is 0 Å². The van der Waals surface area contributed by atoms with Crippen LogP contribution in [0.5, 0.6) is 0 Å². The van der Waals surface area contributed by atoms with Crippen LogP contribution >= 0.6 is 0 Å². The van der Waals surface area contributed by atoms with Crippen LogP contribution in [-0.2, 0) is 16.1 Å². The quantitative estimate of drug-likeness (QED) is 0.869. The van der Waals surface area contributed by atoms with Crippen LogP contribution in [0.25, 0.3) is 0 Å². The van der Waals surface area contributed by atoms with Gasteiger partial charge in [0.15, 0.2) is 0 Å². The molecule has 1 saturated heterocycles. The molecule has 152 valence electrons. The Kier molecular flexibility index (Phi) is 5.39. The van der Waals surface area contributed by atoms with E-state index in [1.54, 1.807) is 18.7 Å². The van der Waals surface area contributed by atoms with Crippen molar-refractivity contribution in [1.82, 2.24) is 9.80 Å². The van der Waals surface area contributed by atoms with Gasteiger partial charge in [-0.15, -0.1) is 0 Å². The van der Waals surface area contributed by atoms with E-state index in [1.165, 1.54) is 5.56 Å². The Morgan fingerprint density at radius 3 is 2.28 bits per heavy atom. The lowest BCUT2D eigenvalue weighted by Crippen LogP contribution is -2.61. The second kappa shape index (κ2) is 7.97. The van der Waals surface area contributed by atoms with Gasteiger partial charge < -0.3 is 5.32 Å². The molecule has 0 unspecified atom stereocenters. The van der Waals surface area contributed by atoms with Crippen molar-refractivity contribution in [2.75, 3.05) is 42.9 Å². The largest absolute Gasteiger partial charge is 0.322 e. The highest BCUT2D eigenvalue weighted by molar-refractivity contribution is 6.14. The fraction of sp³-hybridized carbons (Fsp3) is 0.391. The molecule has 0 atom stereocenters. The first-order chi connectivity index (χ1) is 13.9. The number of nitrogens with one attached hydrogen (secondary N) is 1. The third-order valence-corrected chi connectivity index (χ3v) is 5.83. The molecule has 0 bridgehead atoms. The van der Waals surface area contributed by atoms with Crippen LogP contribution in [0.3, 0.4) is 0 Å². The van der Waals surface area contributed by atoms with Crippen molar-refractivity contribution in [3.05, 3.63) is 60.2 Å². The van der Waals surface area contributed by atoms with E-state index in [0.29, 0.717) is 12.2 Å². The first-order valence-electron chi connectivity index (χ1n) is 10.2. The van der Waals surface area contributed by atoms with Crippen LogP contribution < -0.4 is 10.2 Å². The number of nitrogens with zero attached hydrogens (tertiary/aromatic N) is 3. The van der Waals surface area contributed by atoms with Crippen molar-refractivity contribution < 1.29 is 9.59 Å². The summed E-state index contributed by atoms with van der Waals surface area (Å²) in [5.74, 6) is -0.189. The summed E-state index contributed by atoms with van der Waals surface area (Å²) in [6.07, 6.45) is 0. The number of anilines is 2. The van der Waals surface area contributed by atoms with Crippen molar-refractivity contribution >= 4 is 23.2 Å². The van der Waals surface area contributed by atoms with Gasteiger partial charge in [0, 0.05) is 32.7 Å². The van der Waals surface area contributed by atoms with E-state index in [-0.39, 0.29) is 11.8 Å². The third-order valence-electron chi connectivity index (χ3n) is 5.83. The lowest BCUT2D eigenvalue weighted by molar-refractivity contribution is -0.127. The van der Waals surface area contributed by atoms with Gasteiger partial charge in [-0.3, -0.25) is 24.3 Å². The van der Waals surface area contributed by atoms with Gasteiger partial charge in [-0.25, -0.2) is 0 Å². The fourth-order valence-electron chi connectivity index (χ4n) is 4.11. The van der Waals surface area contributed by atoms with Crippen LogP contribution in [-0.4, -0.2) is 59.9 Å². The van der Waals surface area contributed by atoms with Gasteiger partial charge in [0.2, 0.25) is 11.8 Å². The number of amides is 2. The Labute approximate surface area is 172 Å².